The van der Waals surface area contributed by atoms with Gasteiger partial charge in [0.1, 0.15) is 11.2 Å². The molecule has 0 unspecified atom stereocenters. The molecule has 0 N–H and O–H groups in total. The number of nitrogens with zero attached hydrogens (tertiary/aromatic N) is 4. The summed E-state index contributed by atoms with van der Waals surface area (Å²) in [5.41, 5.74) is 21.0. The molecule has 10 aromatic carbocycles. The summed E-state index contributed by atoms with van der Waals surface area (Å²) in [6, 6.07) is 83.0. The van der Waals surface area contributed by atoms with Gasteiger partial charge in [0.15, 0.2) is 5.82 Å². The second-order valence-electron chi connectivity index (χ2n) is 19.8. The Hall–Kier alpha value is -9.32. The van der Waals surface area contributed by atoms with Crippen LogP contribution in [0.2, 0.25) is 0 Å². The Kier molecular flexibility index (Phi) is 8.64. The summed E-state index contributed by atoms with van der Waals surface area (Å²) in [5.74, 6) is 0.692. The number of benzene rings is 10. The van der Waals surface area contributed by atoms with Crippen molar-refractivity contribution in [2.24, 2.45) is 0 Å². The number of para-hydroxylation sites is 2. The highest BCUT2D eigenvalue weighted by Gasteiger charge is 2.36. The second-order valence-corrected chi connectivity index (χ2v) is 19.8. The monoisotopic (exact) mass is 920 g/mol. The average molecular weight is 921 g/mol. The minimum absolute atomic E-state index is 0.156. The van der Waals surface area contributed by atoms with Crippen molar-refractivity contribution in [2.75, 3.05) is 0 Å². The lowest BCUT2D eigenvalue weighted by molar-refractivity contribution is 0.661. The maximum absolute atomic E-state index is 6.45. The van der Waals surface area contributed by atoms with Gasteiger partial charge in [0.25, 0.3) is 0 Å². The molecular weight excluding hydrogens is 877 g/mol. The number of furan rings is 1. The second kappa shape index (κ2) is 15.3. The standard InChI is InChI=1S/C67H44N4O/c1-67(2)56-24-14-12-22-48(56)50-36-53-51-34-44(45-28-32-60-52(35-45)54-37-55-49-23-13-15-25-64(49)72-65(55)40-63(54)70(60)46-20-10-5-11-21-46)29-33-61(51)71(62(53)38-57(50)67)47-30-26-43(27-31-47)66-68-58(41-16-6-3-7-17-41)39-59(69-66)42-18-8-4-9-19-42/h3-40H,1-2H3. The molecule has 5 nitrogen and oxygen atoms in total. The third-order valence-corrected chi connectivity index (χ3v) is 15.3. The van der Waals surface area contributed by atoms with Gasteiger partial charge in [-0.15, -0.1) is 0 Å². The SMILES string of the molecule is CC1(C)c2ccccc2-c2cc3c4cc(-c5ccc6c(c5)c5cc7c(cc5n6-c5ccccc5)oc5ccccc57)ccc4n(-c4ccc(-c5nc(-c6ccccc6)cc(-c6ccccc6)n5)cc4)c3cc21. The fraction of sp³-hybridized carbons (Fsp3) is 0.0448. The van der Waals surface area contributed by atoms with E-state index in [-0.39, 0.29) is 5.41 Å². The highest BCUT2D eigenvalue weighted by molar-refractivity contribution is 6.18. The van der Waals surface area contributed by atoms with Crippen molar-refractivity contribution < 1.29 is 4.42 Å². The number of aromatic nitrogens is 4. The molecule has 72 heavy (non-hydrogen) atoms. The van der Waals surface area contributed by atoms with Gasteiger partial charge in [-0.05, 0) is 124 Å². The zero-order valence-corrected chi connectivity index (χ0v) is 39.6. The number of rotatable bonds is 6. The molecule has 0 radical (unpaired) electrons. The Balaban J connectivity index is 0.917. The van der Waals surface area contributed by atoms with Gasteiger partial charge in [0.2, 0.25) is 0 Å². The molecule has 15 rings (SSSR count). The van der Waals surface area contributed by atoms with E-state index in [1.165, 1.54) is 60.4 Å². The molecule has 0 saturated heterocycles. The van der Waals surface area contributed by atoms with Crippen molar-refractivity contribution in [3.8, 4) is 67.5 Å². The van der Waals surface area contributed by atoms with Gasteiger partial charge in [0, 0.05) is 71.9 Å². The van der Waals surface area contributed by atoms with Crippen LogP contribution in [0, 0.1) is 0 Å². The summed E-state index contributed by atoms with van der Waals surface area (Å²) < 4.78 is 11.3. The lowest BCUT2D eigenvalue weighted by Crippen LogP contribution is -2.14. The van der Waals surface area contributed by atoms with Crippen LogP contribution in [0.1, 0.15) is 25.0 Å². The van der Waals surface area contributed by atoms with Gasteiger partial charge in [-0.2, -0.15) is 0 Å². The van der Waals surface area contributed by atoms with E-state index >= 15 is 0 Å². The normalized spacial score (nSPS) is 13.0. The largest absolute Gasteiger partial charge is 0.456 e. The molecule has 0 saturated carbocycles. The minimum atomic E-state index is -0.156. The first kappa shape index (κ1) is 40.6. The zero-order valence-electron chi connectivity index (χ0n) is 39.6. The van der Waals surface area contributed by atoms with Crippen molar-refractivity contribution in [3.05, 3.63) is 242 Å². The summed E-state index contributed by atoms with van der Waals surface area (Å²) in [7, 11) is 0. The van der Waals surface area contributed by atoms with Crippen molar-refractivity contribution in [2.45, 2.75) is 19.3 Å². The minimum Gasteiger partial charge on any atom is -0.456 e. The van der Waals surface area contributed by atoms with E-state index in [1.54, 1.807) is 0 Å². The van der Waals surface area contributed by atoms with E-state index in [0.29, 0.717) is 5.82 Å². The van der Waals surface area contributed by atoms with Crippen molar-refractivity contribution in [1.29, 1.82) is 0 Å². The molecule has 4 heterocycles. The molecule has 0 spiro atoms. The molecule has 0 fully saturated rings. The molecule has 0 aliphatic heterocycles. The van der Waals surface area contributed by atoms with Gasteiger partial charge in [-0.1, -0.05) is 147 Å². The molecule has 1 aliphatic carbocycles. The molecule has 338 valence electrons. The van der Waals surface area contributed by atoms with E-state index in [4.69, 9.17) is 14.4 Å². The topological polar surface area (TPSA) is 48.8 Å². The maximum Gasteiger partial charge on any atom is 0.160 e. The van der Waals surface area contributed by atoms with Gasteiger partial charge in [-0.25, -0.2) is 9.97 Å². The molecule has 1 aliphatic rings. The fourth-order valence-corrected chi connectivity index (χ4v) is 11.8. The molecule has 14 aromatic rings. The maximum atomic E-state index is 6.45. The quantitative estimate of drug-likeness (QED) is 0.167. The summed E-state index contributed by atoms with van der Waals surface area (Å²) >= 11 is 0. The highest BCUT2D eigenvalue weighted by Crippen LogP contribution is 2.51. The zero-order chi connectivity index (χ0) is 47.7. The average Bonchev–Trinajstić information content (AvgIpc) is 4.14. The molecule has 4 aromatic heterocycles. The summed E-state index contributed by atoms with van der Waals surface area (Å²) in [6.07, 6.45) is 0. The lowest BCUT2D eigenvalue weighted by Gasteiger charge is -2.21. The van der Waals surface area contributed by atoms with Crippen LogP contribution >= 0.6 is 0 Å². The lowest BCUT2D eigenvalue weighted by atomic mass is 9.82. The van der Waals surface area contributed by atoms with Crippen LogP contribution in [0.15, 0.2) is 235 Å². The predicted octanol–water partition coefficient (Wildman–Crippen LogP) is 17.5. The van der Waals surface area contributed by atoms with Gasteiger partial charge < -0.3 is 13.6 Å². The molecule has 0 atom stereocenters. The van der Waals surface area contributed by atoms with E-state index in [9.17, 15) is 0 Å². The highest BCUT2D eigenvalue weighted by atomic mass is 16.3. The van der Waals surface area contributed by atoms with E-state index in [2.05, 4.69) is 235 Å². The van der Waals surface area contributed by atoms with Crippen LogP contribution in [0.5, 0.6) is 0 Å². The van der Waals surface area contributed by atoms with E-state index in [1.807, 2.05) is 18.2 Å². The van der Waals surface area contributed by atoms with Crippen LogP contribution in [-0.2, 0) is 5.41 Å². The van der Waals surface area contributed by atoms with Crippen molar-refractivity contribution in [3.63, 3.8) is 0 Å². The Labute approximate surface area is 415 Å². The molecular formula is C67H44N4O. The van der Waals surface area contributed by atoms with Crippen LogP contribution in [0.25, 0.3) is 133 Å². The Morgan fingerprint density at radius 3 is 1.53 bits per heavy atom. The first-order chi connectivity index (χ1) is 35.4. The first-order valence-electron chi connectivity index (χ1n) is 24.7. The van der Waals surface area contributed by atoms with Gasteiger partial charge in [0.05, 0.1) is 33.5 Å². The van der Waals surface area contributed by atoms with E-state index < -0.39 is 0 Å². The summed E-state index contributed by atoms with van der Waals surface area (Å²) in [6.45, 7) is 4.73. The third kappa shape index (κ3) is 6.07. The summed E-state index contributed by atoms with van der Waals surface area (Å²) in [5, 5.41) is 7.09. The van der Waals surface area contributed by atoms with E-state index in [0.717, 1.165) is 77.9 Å². The van der Waals surface area contributed by atoms with Crippen LogP contribution in [-0.4, -0.2) is 19.1 Å². The van der Waals surface area contributed by atoms with Crippen LogP contribution in [0.3, 0.4) is 0 Å². The molecule has 0 bridgehead atoms. The molecule has 0 amide bonds. The van der Waals surface area contributed by atoms with Crippen molar-refractivity contribution >= 4 is 65.6 Å². The smallest absolute Gasteiger partial charge is 0.160 e. The number of hydrogen-bond donors (Lipinski definition) is 0. The number of hydrogen-bond acceptors (Lipinski definition) is 3. The Morgan fingerprint density at radius 2 is 0.861 bits per heavy atom. The first-order valence-corrected chi connectivity index (χ1v) is 24.7. The van der Waals surface area contributed by atoms with Crippen molar-refractivity contribution in [1.82, 2.24) is 19.1 Å². The predicted molar refractivity (Wildman–Crippen MR) is 297 cm³/mol. The third-order valence-electron chi connectivity index (χ3n) is 15.3. The molecule has 5 heteroatoms. The Morgan fingerprint density at radius 1 is 0.333 bits per heavy atom. The number of fused-ring (bicyclic) bond motifs is 12. The summed E-state index contributed by atoms with van der Waals surface area (Å²) in [4.78, 5) is 10.3. The van der Waals surface area contributed by atoms with Gasteiger partial charge >= 0.3 is 0 Å². The fourth-order valence-electron chi connectivity index (χ4n) is 11.8. The van der Waals surface area contributed by atoms with Crippen LogP contribution < -0.4 is 0 Å². The Bertz CT molecular complexity index is 4450. The van der Waals surface area contributed by atoms with Gasteiger partial charge in [-0.3, -0.25) is 0 Å². The van der Waals surface area contributed by atoms with Crippen LogP contribution in [0.4, 0.5) is 0 Å².